The summed E-state index contributed by atoms with van der Waals surface area (Å²) in [4.78, 5) is 64.2. The third-order valence-electron chi connectivity index (χ3n) is 4.80. The van der Waals surface area contributed by atoms with Crippen molar-refractivity contribution in [3.63, 3.8) is 0 Å². The fourth-order valence-electron chi connectivity index (χ4n) is 2.69. The predicted octanol–water partition coefficient (Wildman–Crippen LogP) is -3.15. The molecule has 0 aromatic rings. The molecule has 0 radical (unpaired) electrons. The molecule has 0 aliphatic carbocycles. The van der Waals surface area contributed by atoms with Gasteiger partial charge in [0.1, 0.15) is 18.1 Å². The van der Waals surface area contributed by atoms with Gasteiger partial charge in [-0.25, -0.2) is 4.79 Å². The van der Waals surface area contributed by atoms with Crippen molar-refractivity contribution in [1.29, 1.82) is 0 Å². The molecule has 0 rings (SSSR count). The summed E-state index contributed by atoms with van der Waals surface area (Å²) >= 11 is 0. The van der Waals surface area contributed by atoms with Crippen LogP contribution in [0.4, 0.5) is 0 Å². The molecule has 4 amide bonds. The van der Waals surface area contributed by atoms with Gasteiger partial charge in [-0.05, 0) is 25.7 Å². The Kier molecular flexibility index (Phi) is 13.1. The number of nitrogens with two attached hydrogens (primary N) is 4. The minimum atomic E-state index is -1.35. The molecule has 0 saturated carbocycles. The van der Waals surface area contributed by atoms with Crippen LogP contribution in [0.25, 0.3) is 0 Å². The van der Waals surface area contributed by atoms with E-state index in [2.05, 4.69) is 20.9 Å². The average Bonchev–Trinajstić information content (AvgIpc) is 2.71. The van der Waals surface area contributed by atoms with Crippen molar-refractivity contribution in [3.8, 4) is 0 Å². The van der Waals surface area contributed by atoms with Crippen LogP contribution in [0.5, 0.6) is 0 Å². The zero-order valence-corrected chi connectivity index (χ0v) is 19.2. The maximum Gasteiger partial charge on any atom is 0.326 e. The highest BCUT2D eigenvalue weighted by atomic mass is 16.4. The summed E-state index contributed by atoms with van der Waals surface area (Å²) in [5, 5.41) is 16.6. The number of aliphatic carboxylic acids is 1. The molecule has 188 valence electrons. The number of amides is 4. The van der Waals surface area contributed by atoms with Crippen molar-refractivity contribution in [2.45, 2.75) is 70.6 Å². The second-order valence-electron chi connectivity index (χ2n) is 7.74. The summed E-state index contributed by atoms with van der Waals surface area (Å²) in [7, 11) is 0. The maximum absolute atomic E-state index is 12.9. The Bertz CT molecular complexity index is 738. The van der Waals surface area contributed by atoms with Crippen molar-refractivity contribution >= 4 is 35.6 Å². The van der Waals surface area contributed by atoms with E-state index in [1.165, 1.54) is 6.92 Å². The number of nitrogens with one attached hydrogen (secondary N) is 3. The summed E-state index contributed by atoms with van der Waals surface area (Å²) in [6, 6.07) is -4.67. The van der Waals surface area contributed by atoms with Crippen molar-refractivity contribution < 1.29 is 29.1 Å². The van der Waals surface area contributed by atoms with Crippen LogP contribution in [0.3, 0.4) is 0 Å². The fraction of sp³-hybridized carbons (Fsp3) is 0.684. The second-order valence-corrected chi connectivity index (χ2v) is 7.74. The molecule has 5 unspecified atom stereocenters. The lowest BCUT2D eigenvalue weighted by molar-refractivity contribution is -0.143. The van der Waals surface area contributed by atoms with E-state index >= 15 is 0 Å². The number of carboxylic acid groups (broad SMARTS) is 1. The topological polar surface area (TPSA) is 258 Å². The number of aliphatic imine (C=N–C) groups is 1. The first-order valence-corrected chi connectivity index (χ1v) is 10.5. The third-order valence-corrected chi connectivity index (χ3v) is 4.80. The number of hydrogen-bond acceptors (Lipinski definition) is 7. The highest BCUT2D eigenvalue weighted by Gasteiger charge is 2.32. The summed E-state index contributed by atoms with van der Waals surface area (Å²) in [6.45, 7) is 5.03. The number of carbonyl (C=O) groups excluding carboxylic acids is 4. The van der Waals surface area contributed by atoms with E-state index in [9.17, 15) is 29.1 Å². The van der Waals surface area contributed by atoms with E-state index < -0.39 is 66.1 Å². The number of primary amides is 1. The Hall–Kier alpha value is -3.42. The van der Waals surface area contributed by atoms with E-state index in [1.807, 2.05) is 0 Å². The quantitative estimate of drug-likeness (QED) is 0.0678. The van der Waals surface area contributed by atoms with Crippen LogP contribution in [0.1, 0.15) is 46.5 Å². The maximum atomic E-state index is 12.9. The highest BCUT2D eigenvalue weighted by Crippen LogP contribution is 2.10. The largest absolute Gasteiger partial charge is 0.480 e. The lowest BCUT2D eigenvalue weighted by Crippen LogP contribution is -2.59. The molecule has 0 saturated heterocycles. The molecule has 0 aromatic carbocycles. The summed E-state index contributed by atoms with van der Waals surface area (Å²) in [5.41, 5.74) is 21.1. The number of carboxylic acids is 1. The van der Waals surface area contributed by atoms with Crippen molar-refractivity contribution in [1.82, 2.24) is 16.0 Å². The second kappa shape index (κ2) is 14.6. The van der Waals surface area contributed by atoms with Gasteiger partial charge >= 0.3 is 5.97 Å². The first-order valence-electron chi connectivity index (χ1n) is 10.5. The van der Waals surface area contributed by atoms with Crippen molar-refractivity contribution in [2.24, 2.45) is 33.8 Å². The molecule has 0 bridgehead atoms. The molecule has 0 heterocycles. The van der Waals surface area contributed by atoms with Gasteiger partial charge in [-0.1, -0.05) is 20.3 Å². The Morgan fingerprint density at radius 1 is 0.909 bits per heavy atom. The molecule has 12 N–H and O–H groups in total. The Labute approximate surface area is 192 Å². The number of rotatable bonds is 15. The van der Waals surface area contributed by atoms with Gasteiger partial charge < -0.3 is 44.0 Å². The van der Waals surface area contributed by atoms with Gasteiger partial charge in [0.2, 0.25) is 23.6 Å². The van der Waals surface area contributed by atoms with Crippen LogP contribution < -0.4 is 38.9 Å². The molecular formula is C19H36N8O6. The van der Waals surface area contributed by atoms with Crippen molar-refractivity contribution in [3.05, 3.63) is 0 Å². The molecular weight excluding hydrogens is 436 g/mol. The zero-order chi connectivity index (χ0) is 25.7. The van der Waals surface area contributed by atoms with E-state index in [0.29, 0.717) is 12.8 Å². The summed E-state index contributed by atoms with van der Waals surface area (Å²) in [6.07, 6.45) is 0.294. The minimum Gasteiger partial charge on any atom is -0.480 e. The van der Waals surface area contributed by atoms with Crippen LogP contribution in [-0.4, -0.2) is 71.4 Å². The third kappa shape index (κ3) is 11.7. The smallest absolute Gasteiger partial charge is 0.326 e. The van der Waals surface area contributed by atoms with Gasteiger partial charge in [0.25, 0.3) is 0 Å². The predicted molar refractivity (Wildman–Crippen MR) is 120 cm³/mol. The Morgan fingerprint density at radius 2 is 1.48 bits per heavy atom. The number of carbonyl (C=O) groups is 5. The number of nitrogens with zero attached hydrogens (tertiary/aromatic N) is 1. The lowest BCUT2D eigenvalue weighted by Gasteiger charge is -2.27. The lowest BCUT2D eigenvalue weighted by atomic mass is 9.97. The van der Waals surface area contributed by atoms with Gasteiger partial charge in [0.15, 0.2) is 5.96 Å². The van der Waals surface area contributed by atoms with E-state index in [4.69, 9.17) is 22.9 Å². The van der Waals surface area contributed by atoms with Crippen LogP contribution in [0.15, 0.2) is 4.99 Å². The van der Waals surface area contributed by atoms with E-state index in [0.717, 1.165) is 0 Å². The van der Waals surface area contributed by atoms with Crippen molar-refractivity contribution in [2.75, 3.05) is 6.54 Å². The molecule has 0 aliphatic heterocycles. The normalized spacial score (nSPS) is 15.2. The van der Waals surface area contributed by atoms with Crippen LogP contribution >= 0.6 is 0 Å². The molecule has 33 heavy (non-hydrogen) atoms. The van der Waals surface area contributed by atoms with Crippen LogP contribution in [0, 0.1) is 5.92 Å². The first-order chi connectivity index (χ1) is 15.3. The molecule has 0 aromatic heterocycles. The Balaban J connectivity index is 5.44. The number of hydrogen-bond donors (Lipinski definition) is 8. The van der Waals surface area contributed by atoms with Gasteiger partial charge in [0, 0.05) is 6.54 Å². The molecule has 5 atom stereocenters. The summed E-state index contributed by atoms with van der Waals surface area (Å²) < 4.78 is 0. The monoisotopic (exact) mass is 472 g/mol. The highest BCUT2D eigenvalue weighted by molar-refractivity contribution is 5.96. The van der Waals surface area contributed by atoms with Gasteiger partial charge in [0.05, 0.1) is 12.5 Å². The minimum absolute atomic E-state index is 0.0494. The van der Waals surface area contributed by atoms with Crippen LogP contribution in [0.2, 0.25) is 0 Å². The van der Waals surface area contributed by atoms with Gasteiger partial charge in [-0.3, -0.25) is 24.2 Å². The Morgan fingerprint density at radius 3 is 1.94 bits per heavy atom. The first kappa shape index (κ1) is 29.6. The van der Waals surface area contributed by atoms with E-state index in [1.54, 1.807) is 13.8 Å². The molecule has 14 heteroatoms. The molecule has 0 spiro atoms. The zero-order valence-electron chi connectivity index (χ0n) is 19.2. The number of guanidine groups is 1. The molecule has 0 fully saturated rings. The summed E-state index contributed by atoms with van der Waals surface area (Å²) in [5.74, 6) is -4.90. The van der Waals surface area contributed by atoms with Gasteiger partial charge in [-0.2, -0.15) is 0 Å². The van der Waals surface area contributed by atoms with E-state index in [-0.39, 0.29) is 18.9 Å². The SMILES string of the molecule is CCC(C)C(NC(=O)C(CC(N)=O)NC(=O)C(C)N)C(=O)NC(CCCN=C(N)N)C(=O)O. The average molecular weight is 473 g/mol. The van der Waals surface area contributed by atoms with Gasteiger partial charge in [-0.15, -0.1) is 0 Å². The standard InChI is InChI=1S/C19H36N8O6/c1-4-9(2)14(17(31)25-11(18(32)33)6-5-7-24-19(22)23)27-16(30)12(8-13(21)28)26-15(29)10(3)20/h9-12,14H,4-8,20H2,1-3H3,(H2,21,28)(H,25,31)(H,26,29)(H,27,30)(H,32,33)(H4,22,23,24). The molecule has 14 nitrogen and oxygen atoms in total. The van der Waals surface area contributed by atoms with Crippen LogP contribution in [-0.2, 0) is 24.0 Å². The molecule has 0 aliphatic rings. The fourth-order valence-corrected chi connectivity index (χ4v) is 2.69.